The van der Waals surface area contributed by atoms with Crippen LogP contribution in [0, 0.1) is 0 Å². The number of nitrogens with zero attached hydrogens (tertiary/aromatic N) is 3. The predicted octanol–water partition coefficient (Wildman–Crippen LogP) is 4.78. The van der Waals surface area contributed by atoms with Gasteiger partial charge in [-0.25, -0.2) is 9.97 Å². The van der Waals surface area contributed by atoms with Crippen LogP contribution in [0.3, 0.4) is 0 Å². The van der Waals surface area contributed by atoms with Gasteiger partial charge in [0.2, 0.25) is 0 Å². The summed E-state index contributed by atoms with van der Waals surface area (Å²) < 4.78 is 2.28. The Morgan fingerprint density at radius 1 is 0.739 bits per heavy atom. The summed E-state index contributed by atoms with van der Waals surface area (Å²) in [5.41, 5.74) is 5.51. The van der Waals surface area contributed by atoms with Gasteiger partial charge in [-0.3, -0.25) is 0 Å². The van der Waals surface area contributed by atoms with Gasteiger partial charge in [0, 0.05) is 16.3 Å². The lowest BCUT2D eigenvalue weighted by Crippen LogP contribution is -1.96. The van der Waals surface area contributed by atoms with E-state index in [2.05, 4.69) is 75.0 Å². The Bertz CT molecular complexity index is 1360. The Labute approximate surface area is 131 Å². The maximum atomic E-state index is 4.62. The van der Waals surface area contributed by atoms with Crippen molar-refractivity contribution < 1.29 is 0 Å². The average molecular weight is 293 g/mol. The van der Waals surface area contributed by atoms with E-state index in [4.69, 9.17) is 0 Å². The lowest BCUT2D eigenvalue weighted by Gasteiger charge is -2.12. The van der Waals surface area contributed by atoms with Gasteiger partial charge in [0.1, 0.15) is 6.33 Å². The van der Waals surface area contributed by atoms with Crippen LogP contribution in [-0.4, -0.2) is 14.4 Å². The quantitative estimate of drug-likeness (QED) is 0.298. The summed E-state index contributed by atoms with van der Waals surface area (Å²) in [5.74, 6) is 0. The number of aromatic nitrogens is 3. The SMILES string of the molecule is c1ccc2cc3c(cc2c1)c1ncnc2ccc4ccc3n4c21. The minimum atomic E-state index is 0.985. The molecule has 0 amide bonds. The van der Waals surface area contributed by atoms with Crippen molar-refractivity contribution in [3.8, 4) is 0 Å². The predicted molar refractivity (Wildman–Crippen MR) is 94.2 cm³/mol. The largest absolute Gasteiger partial charge is 0.306 e. The molecule has 0 unspecified atom stereocenters. The number of fused-ring (bicyclic) bond motifs is 4. The van der Waals surface area contributed by atoms with E-state index in [1.54, 1.807) is 6.33 Å². The first-order valence-electron chi connectivity index (χ1n) is 7.69. The molecule has 2 aromatic carbocycles. The summed E-state index contributed by atoms with van der Waals surface area (Å²) in [4.78, 5) is 9.07. The van der Waals surface area contributed by atoms with Crippen LogP contribution in [0.2, 0.25) is 0 Å². The Morgan fingerprint density at radius 2 is 1.52 bits per heavy atom. The number of pyridine rings is 2. The summed E-state index contributed by atoms with van der Waals surface area (Å²) in [6, 6.07) is 21.6. The van der Waals surface area contributed by atoms with Crippen LogP contribution < -0.4 is 0 Å². The first kappa shape index (κ1) is 11.4. The normalized spacial score (nSPS) is 12.3. The third kappa shape index (κ3) is 1.30. The third-order valence-electron chi connectivity index (χ3n) is 4.81. The zero-order chi connectivity index (χ0) is 15.0. The topological polar surface area (TPSA) is 30.2 Å². The molecule has 0 atom stereocenters. The molecule has 3 heteroatoms. The Kier molecular flexibility index (Phi) is 1.86. The van der Waals surface area contributed by atoms with E-state index in [0.29, 0.717) is 0 Å². The summed E-state index contributed by atoms with van der Waals surface area (Å²) in [6.45, 7) is 0. The minimum absolute atomic E-state index is 0.985. The molecule has 0 saturated carbocycles. The maximum Gasteiger partial charge on any atom is 0.116 e. The molecule has 0 aliphatic carbocycles. The van der Waals surface area contributed by atoms with Gasteiger partial charge in [0.15, 0.2) is 0 Å². The van der Waals surface area contributed by atoms with Gasteiger partial charge in [-0.2, -0.15) is 0 Å². The summed E-state index contributed by atoms with van der Waals surface area (Å²) in [7, 11) is 0. The highest BCUT2D eigenvalue weighted by atomic mass is 15.0. The number of hydrogen-bond acceptors (Lipinski definition) is 2. The van der Waals surface area contributed by atoms with Crippen LogP contribution in [0.25, 0.3) is 49.1 Å². The van der Waals surface area contributed by atoms with Gasteiger partial charge in [-0.05, 0) is 47.2 Å². The van der Waals surface area contributed by atoms with Crippen LogP contribution >= 0.6 is 0 Å². The van der Waals surface area contributed by atoms with E-state index in [1.807, 2.05) is 0 Å². The van der Waals surface area contributed by atoms with Gasteiger partial charge in [0.25, 0.3) is 0 Å². The molecule has 0 fully saturated rings. The molecular weight excluding hydrogens is 282 g/mol. The van der Waals surface area contributed by atoms with Crippen molar-refractivity contribution in [2.24, 2.45) is 0 Å². The first-order valence-corrected chi connectivity index (χ1v) is 7.69. The molecule has 0 spiro atoms. The second-order valence-electron chi connectivity index (χ2n) is 6.01. The fourth-order valence-electron chi connectivity index (χ4n) is 3.79. The number of rotatable bonds is 0. The molecule has 3 nitrogen and oxygen atoms in total. The summed E-state index contributed by atoms with van der Waals surface area (Å²) in [6.07, 6.45) is 1.66. The highest BCUT2D eigenvalue weighted by Gasteiger charge is 2.14. The molecule has 6 rings (SSSR count). The van der Waals surface area contributed by atoms with E-state index in [1.165, 1.54) is 32.6 Å². The number of benzene rings is 2. The molecule has 0 radical (unpaired) electrons. The molecule has 4 aromatic heterocycles. The summed E-state index contributed by atoms with van der Waals surface area (Å²) in [5, 5.41) is 4.92. The average Bonchev–Trinajstić information content (AvgIpc) is 3.04. The molecule has 6 aromatic rings. The van der Waals surface area contributed by atoms with Crippen LogP contribution in [0.1, 0.15) is 0 Å². The van der Waals surface area contributed by atoms with Gasteiger partial charge < -0.3 is 4.40 Å². The first-order chi connectivity index (χ1) is 11.4. The van der Waals surface area contributed by atoms with Gasteiger partial charge in [0.05, 0.1) is 22.1 Å². The minimum Gasteiger partial charge on any atom is -0.306 e. The lowest BCUT2D eigenvalue weighted by molar-refractivity contribution is 1.22. The Balaban J connectivity index is 2.05. The fraction of sp³-hybridized carbons (Fsp3) is 0. The third-order valence-corrected chi connectivity index (χ3v) is 4.81. The van der Waals surface area contributed by atoms with Crippen LogP contribution in [0.5, 0.6) is 0 Å². The molecule has 0 aliphatic rings. The van der Waals surface area contributed by atoms with Crippen molar-refractivity contribution in [3.63, 3.8) is 0 Å². The van der Waals surface area contributed by atoms with Crippen molar-refractivity contribution in [1.29, 1.82) is 0 Å². The second-order valence-corrected chi connectivity index (χ2v) is 6.01. The van der Waals surface area contributed by atoms with Crippen LogP contribution in [0.15, 0.2) is 67.0 Å². The van der Waals surface area contributed by atoms with E-state index in [9.17, 15) is 0 Å². The second kappa shape index (κ2) is 3.76. The van der Waals surface area contributed by atoms with Crippen molar-refractivity contribution in [1.82, 2.24) is 14.4 Å². The van der Waals surface area contributed by atoms with Crippen molar-refractivity contribution >= 4 is 49.1 Å². The highest BCUT2D eigenvalue weighted by molar-refractivity contribution is 6.18. The highest BCUT2D eigenvalue weighted by Crippen LogP contribution is 2.35. The number of hydrogen-bond donors (Lipinski definition) is 0. The summed E-state index contributed by atoms with van der Waals surface area (Å²) >= 11 is 0. The van der Waals surface area contributed by atoms with Crippen LogP contribution in [-0.2, 0) is 0 Å². The van der Waals surface area contributed by atoms with E-state index in [-0.39, 0.29) is 0 Å². The lowest BCUT2D eigenvalue weighted by atomic mass is 10.0. The van der Waals surface area contributed by atoms with Crippen molar-refractivity contribution in [2.45, 2.75) is 0 Å². The Hall–Kier alpha value is -3.20. The molecule has 0 aliphatic heterocycles. The van der Waals surface area contributed by atoms with Crippen molar-refractivity contribution in [2.75, 3.05) is 0 Å². The van der Waals surface area contributed by atoms with Gasteiger partial charge in [-0.15, -0.1) is 0 Å². The van der Waals surface area contributed by atoms with Gasteiger partial charge in [-0.1, -0.05) is 24.3 Å². The van der Waals surface area contributed by atoms with Crippen LogP contribution in [0.4, 0.5) is 0 Å². The van der Waals surface area contributed by atoms with E-state index in [0.717, 1.165) is 16.6 Å². The zero-order valence-electron chi connectivity index (χ0n) is 12.2. The Morgan fingerprint density at radius 3 is 2.39 bits per heavy atom. The molecule has 106 valence electrons. The van der Waals surface area contributed by atoms with E-state index >= 15 is 0 Å². The monoisotopic (exact) mass is 293 g/mol. The molecule has 23 heavy (non-hydrogen) atoms. The van der Waals surface area contributed by atoms with Crippen molar-refractivity contribution in [3.05, 3.63) is 67.0 Å². The maximum absolute atomic E-state index is 4.62. The zero-order valence-corrected chi connectivity index (χ0v) is 12.2. The molecule has 0 saturated heterocycles. The fourth-order valence-corrected chi connectivity index (χ4v) is 3.79. The molecule has 0 bridgehead atoms. The molecule has 4 heterocycles. The smallest absolute Gasteiger partial charge is 0.116 e. The standard InChI is InChI=1S/C20H11N3/c1-2-4-13-10-16-15(9-12(13)3-1)18-8-6-14-5-7-17-20(23(14)18)19(16)22-11-21-17/h1-11H. The van der Waals surface area contributed by atoms with E-state index < -0.39 is 0 Å². The van der Waals surface area contributed by atoms with Gasteiger partial charge >= 0.3 is 0 Å². The molecule has 0 N–H and O–H groups in total. The molecular formula is C20H11N3.